The summed E-state index contributed by atoms with van der Waals surface area (Å²) in [6, 6.07) is 0.579. The minimum atomic E-state index is -0.170. The SMILES string of the molecule is CCC(CC)C(O)CNC(C)C12CC3CC(CC(C3)C1)C2. The first-order chi connectivity index (χ1) is 10.1. The topological polar surface area (TPSA) is 32.3 Å². The Morgan fingerprint density at radius 2 is 1.48 bits per heavy atom. The quantitative estimate of drug-likeness (QED) is 0.744. The van der Waals surface area contributed by atoms with Crippen molar-refractivity contribution in [3.05, 3.63) is 0 Å². The smallest absolute Gasteiger partial charge is 0.0692 e. The van der Waals surface area contributed by atoms with E-state index >= 15 is 0 Å². The van der Waals surface area contributed by atoms with E-state index in [4.69, 9.17) is 0 Å². The zero-order valence-corrected chi connectivity index (χ0v) is 14.3. The molecule has 2 atom stereocenters. The minimum Gasteiger partial charge on any atom is -0.392 e. The van der Waals surface area contributed by atoms with Crippen LogP contribution in [0.15, 0.2) is 0 Å². The highest BCUT2D eigenvalue weighted by Gasteiger charge is 2.52. The second kappa shape index (κ2) is 6.20. The van der Waals surface area contributed by atoms with E-state index in [9.17, 15) is 5.11 Å². The van der Waals surface area contributed by atoms with Crippen molar-refractivity contribution < 1.29 is 5.11 Å². The molecule has 0 aromatic heterocycles. The standard InChI is InChI=1S/C19H35NO/c1-4-17(5-2)18(21)12-20-13(3)19-9-14-6-15(10-19)8-16(7-14)11-19/h13-18,20-21H,4-12H2,1-3H3. The lowest BCUT2D eigenvalue weighted by Crippen LogP contribution is -2.55. The third kappa shape index (κ3) is 3.03. The van der Waals surface area contributed by atoms with Crippen LogP contribution in [0.4, 0.5) is 0 Å². The fraction of sp³-hybridized carbons (Fsp3) is 1.00. The molecule has 2 nitrogen and oxygen atoms in total. The van der Waals surface area contributed by atoms with Gasteiger partial charge in [-0.15, -0.1) is 0 Å². The number of aliphatic hydroxyl groups excluding tert-OH is 1. The van der Waals surface area contributed by atoms with Crippen molar-refractivity contribution in [2.45, 2.75) is 84.3 Å². The molecule has 0 aliphatic heterocycles. The van der Waals surface area contributed by atoms with Crippen LogP contribution in [-0.4, -0.2) is 23.8 Å². The lowest BCUT2D eigenvalue weighted by Gasteiger charge is -2.59. The largest absolute Gasteiger partial charge is 0.392 e. The van der Waals surface area contributed by atoms with E-state index in [1.54, 1.807) is 0 Å². The molecular weight excluding hydrogens is 258 g/mol. The van der Waals surface area contributed by atoms with Crippen molar-refractivity contribution >= 4 is 0 Å². The Morgan fingerprint density at radius 1 is 1.00 bits per heavy atom. The zero-order valence-electron chi connectivity index (χ0n) is 14.3. The van der Waals surface area contributed by atoms with Gasteiger partial charge < -0.3 is 10.4 Å². The van der Waals surface area contributed by atoms with Crippen LogP contribution < -0.4 is 5.32 Å². The first-order valence-corrected chi connectivity index (χ1v) is 9.47. The summed E-state index contributed by atoms with van der Waals surface area (Å²) in [6.07, 6.45) is 10.9. The number of aliphatic hydroxyl groups is 1. The predicted octanol–water partition coefficient (Wildman–Crippen LogP) is 3.98. The molecule has 4 bridgehead atoms. The van der Waals surface area contributed by atoms with E-state index in [1.807, 2.05) is 0 Å². The molecule has 4 fully saturated rings. The van der Waals surface area contributed by atoms with E-state index in [0.717, 1.165) is 37.1 Å². The van der Waals surface area contributed by atoms with Crippen LogP contribution in [0.3, 0.4) is 0 Å². The van der Waals surface area contributed by atoms with Crippen LogP contribution in [0.1, 0.15) is 72.1 Å². The highest BCUT2D eigenvalue weighted by atomic mass is 16.3. The molecule has 2 N–H and O–H groups in total. The summed E-state index contributed by atoms with van der Waals surface area (Å²) in [5, 5.41) is 14.1. The average molecular weight is 293 g/mol. The van der Waals surface area contributed by atoms with Gasteiger partial charge in [-0.3, -0.25) is 0 Å². The Labute approximate surface area is 131 Å². The molecule has 0 aromatic rings. The molecule has 0 amide bonds. The second-order valence-corrected chi connectivity index (χ2v) is 8.55. The maximum atomic E-state index is 10.4. The van der Waals surface area contributed by atoms with Gasteiger partial charge >= 0.3 is 0 Å². The van der Waals surface area contributed by atoms with Gasteiger partial charge in [-0.25, -0.2) is 0 Å². The van der Waals surface area contributed by atoms with Gasteiger partial charge in [-0.05, 0) is 74.5 Å². The Hall–Kier alpha value is -0.0800. The monoisotopic (exact) mass is 293 g/mol. The fourth-order valence-electron chi connectivity index (χ4n) is 6.22. The van der Waals surface area contributed by atoms with Gasteiger partial charge in [0.15, 0.2) is 0 Å². The zero-order chi connectivity index (χ0) is 15.0. The van der Waals surface area contributed by atoms with Gasteiger partial charge in [-0.2, -0.15) is 0 Å². The molecule has 0 aromatic carbocycles. The number of rotatable bonds is 7. The number of hydrogen-bond donors (Lipinski definition) is 2. The van der Waals surface area contributed by atoms with Crippen LogP contribution in [0.2, 0.25) is 0 Å². The van der Waals surface area contributed by atoms with Crippen molar-refractivity contribution in [3.8, 4) is 0 Å². The molecule has 4 aliphatic carbocycles. The Balaban J connectivity index is 1.57. The molecule has 0 heterocycles. The molecule has 2 heteroatoms. The summed E-state index contributed by atoms with van der Waals surface area (Å²) in [4.78, 5) is 0. The summed E-state index contributed by atoms with van der Waals surface area (Å²) in [5.41, 5.74) is 0.558. The summed E-state index contributed by atoms with van der Waals surface area (Å²) >= 11 is 0. The van der Waals surface area contributed by atoms with Crippen molar-refractivity contribution in [2.75, 3.05) is 6.54 Å². The Bertz CT molecular complexity index is 314. The maximum absolute atomic E-state index is 10.4. The second-order valence-electron chi connectivity index (χ2n) is 8.55. The van der Waals surface area contributed by atoms with Gasteiger partial charge in [0.05, 0.1) is 6.10 Å². The molecule has 0 saturated heterocycles. The van der Waals surface area contributed by atoms with Gasteiger partial charge in [0.1, 0.15) is 0 Å². The molecule has 0 radical (unpaired) electrons. The lowest BCUT2D eigenvalue weighted by atomic mass is 9.48. The first kappa shape index (κ1) is 15.8. The van der Waals surface area contributed by atoms with Crippen LogP contribution in [0, 0.1) is 29.1 Å². The third-order valence-electron chi connectivity index (χ3n) is 7.23. The molecule has 21 heavy (non-hydrogen) atoms. The summed E-state index contributed by atoms with van der Waals surface area (Å²) in [5.74, 6) is 3.51. The van der Waals surface area contributed by atoms with Gasteiger partial charge in [0.2, 0.25) is 0 Å². The number of nitrogens with one attached hydrogen (secondary N) is 1. The molecule has 4 rings (SSSR count). The highest BCUT2D eigenvalue weighted by molar-refractivity contribution is 5.05. The Kier molecular flexibility index (Phi) is 4.66. The average Bonchev–Trinajstić information content (AvgIpc) is 2.44. The van der Waals surface area contributed by atoms with Crippen LogP contribution in [0.25, 0.3) is 0 Å². The molecule has 4 aliphatic rings. The van der Waals surface area contributed by atoms with Crippen LogP contribution >= 0.6 is 0 Å². The van der Waals surface area contributed by atoms with E-state index < -0.39 is 0 Å². The van der Waals surface area contributed by atoms with Crippen LogP contribution in [0.5, 0.6) is 0 Å². The molecule has 4 saturated carbocycles. The summed E-state index contributed by atoms with van der Waals surface area (Å²) < 4.78 is 0. The van der Waals surface area contributed by atoms with Crippen molar-refractivity contribution in [3.63, 3.8) is 0 Å². The minimum absolute atomic E-state index is 0.170. The van der Waals surface area contributed by atoms with E-state index in [2.05, 4.69) is 26.1 Å². The first-order valence-electron chi connectivity index (χ1n) is 9.47. The molecular formula is C19H35NO. The summed E-state index contributed by atoms with van der Waals surface area (Å²) in [7, 11) is 0. The molecule has 2 unspecified atom stereocenters. The number of hydrogen-bond acceptors (Lipinski definition) is 2. The van der Waals surface area contributed by atoms with Gasteiger partial charge in [0, 0.05) is 12.6 Å². The highest BCUT2D eigenvalue weighted by Crippen LogP contribution is 2.61. The molecule has 122 valence electrons. The van der Waals surface area contributed by atoms with Crippen molar-refractivity contribution in [1.82, 2.24) is 5.32 Å². The fourth-order valence-corrected chi connectivity index (χ4v) is 6.22. The lowest BCUT2D eigenvalue weighted by molar-refractivity contribution is -0.0722. The maximum Gasteiger partial charge on any atom is 0.0692 e. The Morgan fingerprint density at radius 3 is 1.90 bits per heavy atom. The van der Waals surface area contributed by atoms with Crippen LogP contribution in [-0.2, 0) is 0 Å². The normalized spacial score (nSPS) is 40.7. The molecule has 0 spiro atoms. The predicted molar refractivity (Wildman–Crippen MR) is 88.1 cm³/mol. The van der Waals surface area contributed by atoms with Gasteiger partial charge in [0.25, 0.3) is 0 Å². The van der Waals surface area contributed by atoms with Crippen molar-refractivity contribution in [2.24, 2.45) is 29.1 Å². The van der Waals surface area contributed by atoms with Gasteiger partial charge in [-0.1, -0.05) is 26.7 Å². The van der Waals surface area contributed by atoms with E-state index in [-0.39, 0.29) is 6.10 Å². The van der Waals surface area contributed by atoms with Crippen molar-refractivity contribution in [1.29, 1.82) is 0 Å². The van der Waals surface area contributed by atoms with E-state index in [1.165, 1.54) is 38.5 Å². The third-order valence-corrected chi connectivity index (χ3v) is 7.23. The summed E-state index contributed by atoms with van der Waals surface area (Å²) in [6.45, 7) is 7.57. The van der Waals surface area contributed by atoms with E-state index in [0.29, 0.717) is 17.4 Å².